The minimum absolute atomic E-state index is 0.433. The number of hydrogen-bond donors (Lipinski definition) is 1. The predicted octanol–water partition coefficient (Wildman–Crippen LogP) is 5.28. The molecule has 0 aromatic heterocycles. The number of nitrogens with one attached hydrogen (secondary N) is 1. The molecular formula is C23H24N2O2. The van der Waals surface area contributed by atoms with Crippen molar-refractivity contribution in [3.8, 4) is 11.5 Å². The number of benzene rings is 3. The SMILES string of the molecule is CCc1ccc(OCc2cc(C=NNc3ccccc3)ccc2OC)cc1. The second kappa shape index (κ2) is 9.43. The maximum atomic E-state index is 5.92. The maximum Gasteiger partial charge on any atom is 0.125 e. The Balaban J connectivity index is 1.67. The number of anilines is 1. The molecule has 1 N–H and O–H groups in total. The van der Waals surface area contributed by atoms with Crippen LogP contribution in [0.15, 0.2) is 77.9 Å². The lowest BCUT2D eigenvalue weighted by molar-refractivity contribution is 0.296. The summed E-state index contributed by atoms with van der Waals surface area (Å²) in [6.45, 7) is 2.57. The molecule has 0 unspecified atom stereocenters. The molecule has 4 heteroatoms. The molecule has 3 rings (SSSR count). The largest absolute Gasteiger partial charge is 0.496 e. The van der Waals surface area contributed by atoms with E-state index < -0.39 is 0 Å². The fourth-order valence-corrected chi connectivity index (χ4v) is 2.67. The average molecular weight is 360 g/mol. The normalized spacial score (nSPS) is 10.7. The summed E-state index contributed by atoms with van der Waals surface area (Å²) < 4.78 is 11.4. The summed E-state index contributed by atoms with van der Waals surface area (Å²) in [5, 5.41) is 4.29. The van der Waals surface area contributed by atoms with Crippen LogP contribution in [-0.4, -0.2) is 13.3 Å². The van der Waals surface area contributed by atoms with Crippen LogP contribution in [0, 0.1) is 0 Å². The number of hydrazone groups is 1. The highest BCUT2D eigenvalue weighted by atomic mass is 16.5. The van der Waals surface area contributed by atoms with Crippen LogP contribution in [0.2, 0.25) is 0 Å². The van der Waals surface area contributed by atoms with Crippen LogP contribution in [0.3, 0.4) is 0 Å². The second-order valence-electron chi connectivity index (χ2n) is 6.09. The van der Waals surface area contributed by atoms with Gasteiger partial charge in [0.15, 0.2) is 0 Å². The van der Waals surface area contributed by atoms with E-state index in [4.69, 9.17) is 9.47 Å². The number of para-hydroxylation sites is 1. The van der Waals surface area contributed by atoms with Gasteiger partial charge >= 0.3 is 0 Å². The van der Waals surface area contributed by atoms with Crippen LogP contribution in [0.5, 0.6) is 11.5 Å². The molecule has 0 radical (unpaired) electrons. The minimum atomic E-state index is 0.433. The monoisotopic (exact) mass is 360 g/mol. The highest BCUT2D eigenvalue weighted by Crippen LogP contribution is 2.22. The average Bonchev–Trinajstić information content (AvgIpc) is 2.73. The lowest BCUT2D eigenvalue weighted by Crippen LogP contribution is -2.00. The van der Waals surface area contributed by atoms with E-state index in [0.29, 0.717) is 6.61 Å². The standard InChI is InChI=1S/C23H24N2O2/c1-3-18-9-12-22(13-10-18)27-17-20-15-19(11-14-23(20)26-2)16-24-25-21-7-5-4-6-8-21/h4-16,25H,3,17H2,1-2H3. The zero-order chi connectivity index (χ0) is 18.9. The van der Waals surface area contributed by atoms with Crippen LogP contribution in [0.1, 0.15) is 23.6 Å². The van der Waals surface area contributed by atoms with Crippen molar-refractivity contribution in [2.75, 3.05) is 12.5 Å². The zero-order valence-electron chi connectivity index (χ0n) is 15.7. The van der Waals surface area contributed by atoms with Gasteiger partial charge in [-0.15, -0.1) is 0 Å². The van der Waals surface area contributed by atoms with Crippen molar-refractivity contribution in [2.45, 2.75) is 20.0 Å². The Labute approximate surface area is 160 Å². The van der Waals surface area contributed by atoms with E-state index >= 15 is 0 Å². The van der Waals surface area contributed by atoms with Crippen molar-refractivity contribution >= 4 is 11.9 Å². The molecule has 0 heterocycles. The van der Waals surface area contributed by atoms with Crippen LogP contribution in [0.25, 0.3) is 0 Å². The van der Waals surface area contributed by atoms with Gasteiger partial charge < -0.3 is 9.47 Å². The third kappa shape index (κ3) is 5.35. The van der Waals surface area contributed by atoms with Crippen LogP contribution >= 0.6 is 0 Å². The topological polar surface area (TPSA) is 42.8 Å². The van der Waals surface area contributed by atoms with Crippen molar-refractivity contribution in [3.63, 3.8) is 0 Å². The highest BCUT2D eigenvalue weighted by molar-refractivity contribution is 5.81. The van der Waals surface area contributed by atoms with Crippen molar-refractivity contribution in [1.29, 1.82) is 0 Å². The maximum absolute atomic E-state index is 5.92. The molecule has 0 aliphatic carbocycles. The van der Waals surface area contributed by atoms with Gasteiger partial charge in [0, 0.05) is 5.56 Å². The first-order chi connectivity index (χ1) is 13.3. The Hall–Kier alpha value is -3.27. The molecule has 0 atom stereocenters. The molecule has 138 valence electrons. The Morgan fingerprint density at radius 1 is 0.963 bits per heavy atom. The third-order valence-electron chi connectivity index (χ3n) is 4.21. The Kier molecular flexibility index (Phi) is 6.47. The number of hydrogen-bond acceptors (Lipinski definition) is 4. The van der Waals surface area contributed by atoms with E-state index in [9.17, 15) is 0 Å². The summed E-state index contributed by atoms with van der Waals surface area (Å²) in [6.07, 6.45) is 2.80. The van der Waals surface area contributed by atoms with Crippen LogP contribution in [0.4, 0.5) is 5.69 Å². The van der Waals surface area contributed by atoms with E-state index in [-0.39, 0.29) is 0 Å². The van der Waals surface area contributed by atoms with Gasteiger partial charge in [0.1, 0.15) is 18.1 Å². The van der Waals surface area contributed by atoms with Crippen molar-refractivity contribution in [2.24, 2.45) is 5.10 Å². The molecule has 0 saturated carbocycles. The molecule has 3 aromatic carbocycles. The molecule has 4 nitrogen and oxygen atoms in total. The van der Waals surface area contributed by atoms with E-state index in [2.05, 4.69) is 29.6 Å². The van der Waals surface area contributed by atoms with E-state index in [0.717, 1.165) is 34.7 Å². The molecule has 0 saturated heterocycles. The molecular weight excluding hydrogens is 336 g/mol. The summed E-state index contributed by atoms with van der Waals surface area (Å²) in [5.41, 5.74) is 7.20. The lowest BCUT2D eigenvalue weighted by atomic mass is 10.1. The molecule has 0 spiro atoms. The van der Waals surface area contributed by atoms with Crippen molar-refractivity contribution < 1.29 is 9.47 Å². The molecule has 0 fully saturated rings. The fraction of sp³-hybridized carbons (Fsp3) is 0.174. The Morgan fingerprint density at radius 2 is 1.74 bits per heavy atom. The summed E-state index contributed by atoms with van der Waals surface area (Å²) in [7, 11) is 1.67. The van der Waals surface area contributed by atoms with Gasteiger partial charge in [0.05, 0.1) is 19.0 Å². The summed E-state index contributed by atoms with van der Waals surface area (Å²) >= 11 is 0. The van der Waals surface area contributed by atoms with Gasteiger partial charge in [-0.05, 0) is 60.0 Å². The first kappa shape index (κ1) is 18.5. The first-order valence-corrected chi connectivity index (χ1v) is 9.01. The van der Waals surface area contributed by atoms with Gasteiger partial charge in [-0.1, -0.05) is 37.3 Å². The number of ether oxygens (including phenoxy) is 2. The van der Waals surface area contributed by atoms with Gasteiger partial charge in [0.25, 0.3) is 0 Å². The fourth-order valence-electron chi connectivity index (χ4n) is 2.67. The predicted molar refractivity (Wildman–Crippen MR) is 111 cm³/mol. The van der Waals surface area contributed by atoms with Gasteiger partial charge in [-0.2, -0.15) is 5.10 Å². The minimum Gasteiger partial charge on any atom is -0.496 e. The third-order valence-corrected chi connectivity index (χ3v) is 4.21. The Morgan fingerprint density at radius 3 is 2.44 bits per heavy atom. The molecule has 0 aliphatic heterocycles. The molecule has 3 aromatic rings. The Bertz CT molecular complexity index is 875. The zero-order valence-corrected chi connectivity index (χ0v) is 15.7. The van der Waals surface area contributed by atoms with E-state index in [1.807, 2.05) is 60.7 Å². The van der Waals surface area contributed by atoms with E-state index in [1.165, 1.54) is 5.56 Å². The van der Waals surface area contributed by atoms with Gasteiger partial charge in [-0.25, -0.2) is 0 Å². The summed E-state index contributed by atoms with van der Waals surface area (Å²) in [4.78, 5) is 0. The van der Waals surface area contributed by atoms with Gasteiger partial charge in [0.2, 0.25) is 0 Å². The van der Waals surface area contributed by atoms with Gasteiger partial charge in [-0.3, -0.25) is 5.43 Å². The smallest absolute Gasteiger partial charge is 0.125 e. The molecule has 0 amide bonds. The lowest BCUT2D eigenvalue weighted by Gasteiger charge is -2.11. The summed E-state index contributed by atoms with van der Waals surface area (Å²) in [6, 6.07) is 23.9. The van der Waals surface area contributed by atoms with E-state index in [1.54, 1.807) is 13.3 Å². The summed E-state index contributed by atoms with van der Waals surface area (Å²) in [5.74, 6) is 1.65. The van der Waals surface area contributed by atoms with Crippen LogP contribution < -0.4 is 14.9 Å². The molecule has 0 bridgehead atoms. The molecule has 0 aliphatic rings. The quantitative estimate of drug-likeness (QED) is 0.439. The highest BCUT2D eigenvalue weighted by Gasteiger charge is 2.05. The number of rotatable bonds is 8. The number of nitrogens with zero attached hydrogens (tertiary/aromatic N) is 1. The number of aryl methyl sites for hydroxylation is 1. The van der Waals surface area contributed by atoms with Crippen molar-refractivity contribution in [1.82, 2.24) is 0 Å². The van der Waals surface area contributed by atoms with Crippen molar-refractivity contribution in [3.05, 3.63) is 89.5 Å². The molecule has 27 heavy (non-hydrogen) atoms. The first-order valence-electron chi connectivity index (χ1n) is 9.01. The number of methoxy groups -OCH3 is 1. The van der Waals surface area contributed by atoms with Crippen LogP contribution in [-0.2, 0) is 13.0 Å². The second-order valence-corrected chi connectivity index (χ2v) is 6.09.